The van der Waals surface area contributed by atoms with E-state index in [4.69, 9.17) is 4.74 Å². The number of ether oxygens (including phenoxy) is 1. The molecule has 3 rings (SSSR count). The molecule has 3 aromatic rings. The Morgan fingerprint density at radius 3 is 1.71 bits per heavy atom. The average molecular weight is 410 g/mol. The first-order chi connectivity index (χ1) is 10.2. The predicted molar refractivity (Wildman–Crippen MR) is 90.9 cm³/mol. The Balaban J connectivity index is 2.06. The fraction of sp³-hybridized carbons (Fsp3) is 0.125. The molecule has 108 valence electrons. The summed E-state index contributed by atoms with van der Waals surface area (Å²) in [4.78, 5) is 6.72. The highest BCUT2D eigenvalue weighted by atomic mass is 79.9. The van der Waals surface area contributed by atoms with Gasteiger partial charge in [0.25, 0.3) is 0 Å². The molecule has 2 heterocycles. The standard InChI is InChI=1S/C16H14Br2N2O/c1-21-11-4-2-10(3-5-11)16(12-6-8-14(17)19-12)13-7-9-15(18)20-13/h2-9,16,19-20H,1H3. The van der Waals surface area contributed by atoms with E-state index in [0.717, 1.165) is 26.3 Å². The SMILES string of the molecule is COc1ccc(C(c2ccc(Br)[nH]2)c2ccc(Br)[nH]2)cc1. The number of H-pyrrole nitrogens is 2. The summed E-state index contributed by atoms with van der Waals surface area (Å²) in [6, 6.07) is 16.4. The van der Waals surface area contributed by atoms with Gasteiger partial charge in [-0.1, -0.05) is 12.1 Å². The average Bonchev–Trinajstić information content (AvgIpc) is 3.10. The molecule has 0 aliphatic carbocycles. The molecule has 0 spiro atoms. The molecule has 21 heavy (non-hydrogen) atoms. The van der Waals surface area contributed by atoms with Gasteiger partial charge in [0.05, 0.1) is 22.2 Å². The molecule has 0 aliphatic heterocycles. The van der Waals surface area contributed by atoms with E-state index in [1.807, 2.05) is 24.3 Å². The van der Waals surface area contributed by atoms with Crippen LogP contribution in [0.25, 0.3) is 0 Å². The number of hydrogen-bond acceptors (Lipinski definition) is 1. The number of nitrogens with one attached hydrogen (secondary N) is 2. The summed E-state index contributed by atoms with van der Waals surface area (Å²) in [5.74, 6) is 0.978. The minimum atomic E-state index is 0.119. The number of methoxy groups -OCH3 is 1. The van der Waals surface area contributed by atoms with E-state index in [2.05, 4.69) is 66.1 Å². The van der Waals surface area contributed by atoms with Gasteiger partial charge in [-0.3, -0.25) is 0 Å². The molecule has 5 heteroatoms. The predicted octanol–water partition coefficient (Wildman–Crippen LogP) is 5.06. The monoisotopic (exact) mass is 408 g/mol. The Morgan fingerprint density at radius 2 is 1.33 bits per heavy atom. The lowest BCUT2D eigenvalue weighted by atomic mass is 9.92. The van der Waals surface area contributed by atoms with Crippen LogP contribution in [0.4, 0.5) is 0 Å². The van der Waals surface area contributed by atoms with Crippen LogP contribution in [-0.4, -0.2) is 17.1 Å². The van der Waals surface area contributed by atoms with E-state index >= 15 is 0 Å². The van der Waals surface area contributed by atoms with Crippen molar-refractivity contribution in [2.45, 2.75) is 5.92 Å². The van der Waals surface area contributed by atoms with Gasteiger partial charge in [-0.2, -0.15) is 0 Å². The van der Waals surface area contributed by atoms with Crippen molar-refractivity contribution in [3.8, 4) is 5.75 Å². The van der Waals surface area contributed by atoms with E-state index in [1.54, 1.807) is 7.11 Å². The quantitative estimate of drug-likeness (QED) is 0.621. The van der Waals surface area contributed by atoms with Crippen LogP contribution in [0.2, 0.25) is 0 Å². The first-order valence-corrected chi connectivity index (χ1v) is 8.09. The van der Waals surface area contributed by atoms with Gasteiger partial charge < -0.3 is 14.7 Å². The zero-order valence-electron chi connectivity index (χ0n) is 11.4. The molecular weight excluding hydrogens is 396 g/mol. The minimum absolute atomic E-state index is 0.119. The zero-order chi connectivity index (χ0) is 14.8. The Kier molecular flexibility index (Phi) is 4.22. The van der Waals surface area contributed by atoms with E-state index in [-0.39, 0.29) is 5.92 Å². The van der Waals surface area contributed by atoms with Crippen LogP contribution in [0, 0.1) is 0 Å². The van der Waals surface area contributed by atoms with Crippen molar-refractivity contribution in [1.82, 2.24) is 9.97 Å². The molecule has 0 saturated heterocycles. The lowest BCUT2D eigenvalue weighted by Crippen LogP contribution is -2.04. The number of hydrogen-bond donors (Lipinski definition) is 2. The molecule has 0 aliphatic rings. The molecule has 3 nitrogen and oxygen atoms in total. The molecular formula is C16H14Br2N2O. The van der Waals surface area contributed by atoms with Gasteiger partial charge >= 0.3 is 0 Å². The van der Waals surface area contributed by atoms with Crippen LogP contribution in [0.3, 0.4) is 0 Å². The normalized spacial score (nSPS) is 11.0. The highest BCUT2D eigenvalue weighted by molar-refractivity contribution is 9.10. The smallest absolute Gasteiger partial charge is 0.118 e. The second kappa shape index (κ2) is 6.12. The lowest BCUT2D eigenvalue weighted by Gasteiger charge is -2.16. The molecule has 0 fully saturated rings. The highest BCUT2D eigenvalue weighted by Crippen LogP contribution is 2.33. The van der Waals surface area contributed by atoms with Crippen LogP contribution in [-0.2, 0) is 0 Å². The fourth-order valence-corrected chi connectivity index (χ4v) is 3.15. The Labute approximate surface area is 140 Å². The van der Waals surface area contributed by atoms with E-state index < -0.39 is 0 Å². The summed E-state index contributed by atoms with van der Waals surface area (Å²) < 4.78 is 7.19. The summed E-state index contributed by atoms with van der Waals surface area (Å²) in [6.07, 6.45) is 0. The van der Waals surface area contributed by atoms with Crippen LogP contribution >= 0.6 is 31.9 Å². The molecule has 0 unspecified atom stereocenters. The second-order valence-electron chi connectivity index (χ2n) is 4.73. The van der Waals surface area contributed by atoms with Gasteiger partial charge in [0, 0.05) is 11.4 Å². The molecule has 1 aromatic carbocycles. The summed E-state index contributed by atoms with van der Waals surface area (Å²) in [7, 11) is 1.68. The number of aromatic nitrogens is 2. The molecule has 0 radical (unpaired) electrons. The number of benzene rings is 1. The van der Waals surface area contributed by atoms with Gasteiger partial charge in [-0.15, -0.1) is 0 Å². The van der Waals surface area contributed by atoms with Crippen molar-refractivity contribution in [2.24, 2.45) is 0 Å². The maximum absolute atomic E-state index is 5.24. The maximum atomic E-state index is 5.24. The first-order valence-electron chi connectivity index (χ1n) is 6.50. The van der Waals surface area contributed by atoms with Crippen LogP contribution < -0.4 is 4.74 Å². The van der Waals surface area contributed by atoms with Crippen molar-refractivity contribution >= 4 is 31.9 Å². The number of aromatic amines is 2. The summed E-state index contributed by atoms with van der Waals surface area (Å²) in [5, 5.41) is 0. The third-order valence-corrected chi connectivity index (χ3v) is 4.34. The topological polar surface area (TPSA) is 40.8 Å². The number of halogens is 2. The number of rotatable bonds is 4. The lowest BCUT2D eigenvalue weighted by molar-refractivity contribution is 0.414. The van der Waals surface area contributed by atoms with Gasteiger partial charge in [0.1, 0.15) is 5.75 Å². The van der Waals surface area contributed by atoms with Crippen molar-refractivity contribution in [1.29, 1.82) is 0 Å². The van der Waals surface area contributed by atoms with Crippen LogP contribution in [0.15, 0.2) is 57.7 Å². The van der Waals surface area contributed by atoms with Gasteiger partial charge in [-0.05, 0) is 73.8 Å². The Bertz CT molecular complexity index is 691. The van der Waals surface area contributed by atoms with E-state index in [9.17, 15) is 0 Å². The van der Waals surface area contributed by atoms with Gasteiger partial charge in [0.15, 0.2) is 0 Å². The molecule has 2 N–H and O–H groups in total. The maximum Gasteiger partial charge on any atom is 0.118 e. The molecule has 0 amide bonds. The van der Waals surface area contributed by atoms with Gasteiger partial charge in [0.2, 0.25) is 0 Å². The third kappa shape index (κ3) is 3.09. The van der Waals surface area contributed by atoms with Crippen molar-refractivity contribution in [2.75, 3.05) is 7.11 Å². The van der Waals surface area contributed by atoms with Crippen molar-refractivity contribution in [3.63, 3.8) is 0 Å². The van der Waals surface area contributed by atoms with E-state index in [0.29, 0.717) is 0 Å². The summed E-state index contributed by atoms with van der Waals surface area (Å²) in [6.45, 7) is 0. The van der Waals surface area contributed by atoms with Crippen molar-refractivity contribution in [3.05, 3.63) is 74.7 Å². The third-order valence-electron chi connectivity index (χ3n) is 3.42. The van der Waals surface area contributed by atoms with Crippen LogP contribution in [0.5, 0.6) is 5.75 Å². The minimum Gasteiger partial charge on any atom is -0.497 e. The molecule has 0 saturated carbocycles. The summed E-state index contributed by atoms with van der Waals surface area (Å²) >= 11 is 6.96. The Morgan fingerprint density at radius 1 is 0.810 bits per heavy atom. The molecule has 0 atom stereocenters. The second-order valence-corrected chi connectivity index (χ2v) is 6.44. The van der Waals surface area contributed by atoms with E-state index in [1.165, 1.54) is 5.56 Å². The van der Waals surface area contributed by atoms with Crippen molar-refractivity contribution < 1.29 is 4.74 Å². The highest BCUT2D eigenvalue weighted by Gasteiger charge is 2.19. The largest absolute Gasteiger partial charge is 0.497 e. The first kappa shape index (κ1) is 14.5. The zero-order valence-corrected chi connectivity index (χ0v) is 14.5. The summed E-state index contributed by atoms with van der Waals surface area (Å²) in [5.41, 5.74) is 3.45. The molecule has 0 bridgehead atoms. The Hall–Kier alpha value is -1.46. The molecule has 2 aromatic heterocycles. The van der Waals surface area contributed by atoms with Crippen LogP contribution in [0.1, 0.15) is 22.9 Å². The van der Waals surface area contributed by atoms with Gasteiger partial charge in [-0.25, -0.2) is 0 Å². The fourth-order valence-electron chi connectivity index (χ4n) is 2.43.